The summed E-state index contributed by atoms with van der Waals surface area (Å²) in [4.78, 5) is 4.69. The summed E-state index contributed by atoms with van der Waals surface area (Å²) >= 11 is 0.346. The van der Waals surface area contributed by atoms with Gasteiger partial charge in [0.05, 0.1) is 0 Å². The minimum absolute atomic E-state index is 0.346. The van der Waals surface area contributed by atoms with Crippen LogP contribution < -0.4 is 9.80 Å². The van der Waals surface area contributed by atoms with Crippen molar-refractivity contribution in [3.05, 3.63) is 231 Å². The van der Waals surface area contributed by atoms with Crippen LogP contribution in [-0.4, -0.2) is 14.5 Å². The molecule has 0 saturated heterocycles. The Hall–Kier alpha value is -6.90. The van der Waals surface area contributed by atoms with Gasteiger partial charge in [0.2, 0.25) is 0 Å². The van der Waals surface area contributed by atoms with Crippen LogP contribution in [0.3, 0.4) is 0 Å². The molecule has 10 aromatic rings. The molecule has 0 aliphatic carbocycles. The first-order valence-electron chi connectivity index (χ1n) is 19.3. The van der Waals surface area contributed by atoms with Gasteiger partial charge in [0.15, 0.2) is 0 Å². The predicted octanol–water partition coefficient (Wildman–Crippen LogP) is 15.0. The molecular formula is C54H38N2Se. The molecule has 0 N–H and O–H groups in total. The molecule has 1 aromatic heterocycles. The maximum atomic E-state index is 2.37. The molecule has 3 heteroatoms. The zero-order valence-electron chi connectivity index (χ0n) is 31.2. The molecule has 57 heavy (non-hydrogen) atoms. The van der Waals surface area contributed by atoms with E-state index in [2.05, 4.69) is 240 Å². The van der Waals surface area contributed by atoms with E-state index in [1.807, 2.05) is 0 Å². The quantitative estimate of drug-likeness (QED) is 0.134. The third kappa shape index (κ3) is 6.96. The molecule has 270 valence electrons. The molecule has 0 radical (unpaired) electrons. The van der Waals surface area contributed by atoms with Crippen LogP contribution in [0.5, 0.6) is 0 Å². The van der Waals surface area contributed by atoms with Crippen molar-refractivity contribution in [1.82, 2.24) is 0 Å². The summed E-state index contributed by atoms with van der Waals surface area (Å²) in [6.07, 6.45) is 0. The fourth-order valence-electron chi connectivity index (χ4n) is 7.80. The number of fused-ring (bicyclic) bond motifs is 3. The summed E-state index contributed by atoms with van der Waals surface area (Å²) in [7, 11) is 0. The number of rotatable bonds is 9. The average molecular weight is 794 g/mol. The molecule has 9 aromatic carbocycles. The summed E-state index contributed by atoms with van der Waals surface area (Å²) < 4.78 is 2.91. The van der Waals surface area contributed by atoms with Gasteiger partial charge >= 0.3 is 188 Å². The summed E-state index contributed by atoms with van der Waals surface area (Å²) in [6, 6.07) is 83.3. The molecule has 10 rings (SSSR count). The third-order valence-electron chi connectivity index (χ3n) is 10.7. The summed E-state index contributed by atoms with van der Waals surface area (Å²) in [5, 5.41) is 2.73. The molecule has 0 bridgehead atoms. The van der Waals surface area contributed by atoms with Gasteiger partial charge in [0.1, 0.15) is 0 Å². The zero-order chi connectivity index (χ0) is 38.0. The molecule has 0 fully saturated rings. The first-order valence-corrected chi connectivity index (χ1v) is 21.0. The maximum absolute atomic E-state index is 2.37. The Morgan fingerprint density at radius 2 is 0.544 bits per heavy atom. The Kier molecular flexibility index (Phi) is 9.30. The molecule has 1 heterocycles. The standard InChI is InChI=1S/C54H38N2Se/c1-4-12-39(13-5-1)40-20-22-41(23-21-40)42-24-30-47(31-25-42)55(45-14-6-2-7-15-45)48-32-26-43(27-33-48)44-28-34-49(35-29-44)56(46-16-8-3-9-17-46)50-36-37-54-52(38-50)51-18-10-11-19-53(51)57-54/h1-38H. The average Bonchev–Trinajstić information content (AvgIpc) is 3.67. The number of nitrogens with zero attached hydrogens (tertiary/aromatic N) is 2. The Morgan fingerprint density at radius 1 is 0.228 bits per heavy atom. The predicted molar refractivity (Wildman–Crippen MR) is 244 cm³/mol. The van der Waals surface area contributed by atoms with Gasteiger partial charge < -0.3 is 4.90 Å². The minimum Gasteiger partial charge on any atom is -0.0617 e. The molecule has 0 saturated carbocycles. The smallest absolute Gasteiger partial charge is 0.0617 e. The first kappa shape index (κ1) is 34.6. The van der Waals surface area contributed by atoms with E-state index < -0.39 is 0 Å². The molecule has 0 spiro atoms. The van der Waals surface area contributed by atoms with Gasteiger partial charge in [-0.2, -0.15) is 0 Å². The van der Waals surface area contributed by atoms with Gasteiger partial charge in [-0.05, 0) is 46.5 Å². The second-order valence-electron chi connectivity index (χ2n) is 14.2. The van der Waals surface area contributed by atoms with Crippen LogP contribution in [-0.2, 0) is 0 Å². The Balaban J connectivity index is 0.933. The van der Waals surface area contributed by atoms with E-state index in [1.165, 1.54) is 58.4 Å². The summed E-state index contributed by atoms with van der Waals surface area (Å²) in [5.41, 5.74) is 14.0. The van der Waals surface area contributed by atoms with E-state index in [-0.39, 0.29) is 0 Å². The van der Waals surface area contributed by atoms with Crippen molar-refractivity contribution in [3.63, 3.8) is 0 Å². The van der Waals surface area contributed by atoms with Crippen LogP contribution in [0.2, 0.25) is 0 Å². The molecule has 0 aliphatic rings. The van der Waals surface area contributed by atoms with Gasteiger partial charge in [-0.3, -0.25) is 0 Å². The van der Waals surface area contributed by atoms with Crippen molar-refractivity contribution < 1.29 is 0 Å². The number of anilines is 6. The number of hydrogen-bond donors (Lipinski definition) is 0. The second kappa shape index (κ2) is 15.3. The van der Waals surface area contributed by atoms with Crippen molar-refractivity contribution >= 4 is 67.9 Å². The molecule has 0 unspecified atom stereocenters. The van der Waals surface area contributed by atoms with E-state index >= 15 is 0 Å². The van der Waals surface area contributed by atoms with Gasteiger partial charge in [-0.1, -0.05) is 84.9 Å². The van der Waals surface area contributed by atoms with Gasteiger partial charge in [0.25, 0.3) is 0 Å². The van der Waals surface area contributed by atoms with E-state index in [4.69, 9.17) is 0 Å². The van der Waals surface area contributed by atoms with Crippen LogP contribution in [0.4, 0.5) is 34.1 Å². The molecule has 0 atom stereocenters. The summed E-state index contributed by atoms with van der Waals surface area (Å²) in [6.45, 7) is 0. The van der Waals surface area contributed by atoms with Crippen molar-refractivity contribution in [2.75, 3.05) is 9.80 Å². The second-order valence-corrected chi connectivity index (χ2v) is 16.5. The molecular weight excluding hydrogens is 756 g/mol. The van der Waals surface area contributed by atoms with Crippen LogP contribution >= 0.6 is 0 Å². The zero-order valence-corrected chi connectivity index (χ0v) is 33.0. The normalized spacial score (nSPS) is 11.2. The molecule has 0 aliphatic heterocycles. The molecule has 2 nitrogen and oxygen atoms in total. The Labute approximate surface area is 339 Å². The van der Waals surface area contributed by atoms with Crippen LogP contribution in [0, 0.1) is 0 Å². The summed E-state index contributed by atoms with van der Waals surface area (Å²) in [5.74, 6) is 0. The van der Waals surface area contributed by atoms with E-state index in [9.17, 15) is 0 Å². The van der Waals surface area contributed by atoms with Crippen molar-refractivity contribution in [2.24, 2.45) is 0 Å². The monoisotopic (exact) mass is 794 g/mol. The van der Waals surface area contributed by atoms with Crippen molar-refractivity contribution in [3.8, 4) is 33.4 Å². The fraction of sp³-hybridized carbons (Fsp3) is 0. The Bertz CT molecular complexity index is 2900. The number of benzene rings is 9. The first-order chi connectivity index (χ1) is 28.2. The molecule has 0 amide bonds. The van der Waals surface area contributed by atoms with E-state index in [0.717, 1.165) is 28.4 Å². The SMILES string of the molecule is c1ccc(-c2ccc(-c3ccc(N(c4ccccc4)c4ccc(-c5ccc(N(c6ccccc6)c6ccc7[se]c8ccccc8c7c6)cc5)cc4)cc3)cc2)cc1. The van der Waals surface area contributed by atoms with Crippen molar-refractivity contribution in [2.45, 2.75) is 0 Å². The van der Waals surface area contributed by atoms with Gasteiger partial charge in [0, 0.05) is 17.1 Å². The van der Waals surface area contributed by atoms with Gasteiger partial charge in [-0.15, -0.1) is 0 Å². The number of para-hydroxylation sites is 2. The van der Waals surface area contributed by atoms with E-state index in [1.54, 1.807) is 0 Å². The Morgan fingerprint density at radius 3 is 1.02 bits per heavy atom. The third-order valence-corrected chi connectivity index (χ3v) is 13.1. The topological polar surface area (TPSA) is 6.48 Å². The van der Waals surface area contributed by atoms with Crippen molar-refractivity contribution in [1.29, 1.82) is 0 Å². The number of hydrogen-bond acceptors (Lipinski definition) is 2. The fourth-order valence-corrected chi connectivity index (χ4v) is 10.1. The van der Waals surface area contributed by atoms with Crippen LogP contribution in [0.25, 0.3) is 52.7 Å². The van der Waals surface area contributed by atoms with E-state index in [0.29, 0.717) is 14.5 Å². The van der Waals surface area contributed by atoms with Crippen LogP contribution in [0.15, 0.2) is 231 Å². The minimum atomic E-state index is 0.346. The van der Waals surface area contributed by atoms with Gasteiger partial charge in [-0.25, -0.2) is 0 Å². The van der Waals surface area contributed by atoms with Crippen LogP contribution in [0.1, 0.15) is 0 Å².